The van der Waals surface area contributed by atoms with Crippen LogP contribution in [0.15, 0.2) is 18.2 Å². The maximum Gasteiger partial charge on any atom is 0.416 e. The van der Waals surface area contributed by atoms with Gasteiger partial charge in [-0.2, -0.15) is 13.2 Å². The lowest BCUT2D eigenvalue weighted by Gasteiger charge is -2.09. The molecular formula is C11H10F4O. The van der Waals surface area contributed by atoms with E-state index in [0.29, 0.717) is 18.1 Å². The Bertz CT molecular complexity index is 399. The van der Waals surface area contributed by atoms with E-state index < -0.39 is 17.6 Å². The molecule has 16 heavy (non-hydrogen) atoms. The van der Waals surface area contributed by atoms with Gasteiger partial charge in [-0.25, -0.2) is 4.39 Å². The standard InChI is InChI=1S/C11H10F4O/c12-9-2-6(10-3-7(10)5-16)1-8(4-9)11(13,14)15/h1-2,4,7,10,16H,3,5H2. The van der Waals surface area contributed by atoms with Crippen LogP contribution in [-0.4, -0.2) is 11.7 Å². The van der Waals surface area contributed by atoms with Crippen molar-refractivity contribution in [3.8, 4) is 0 Å². The zero-order valence-corrected chi connectivity index (χ0v) is 8.26. The minimum absolute atomic E-state index is 0.0251. The average Bonchev–Trinajstić information content (AvgIpc) is 2.94. The summed E-state index contributed by atoms with van der Waals surface area (Å²) in [5, 5.41) is 8.82. The Kier molecular flexibility index (Phi) is 2.66. The predicted molar refractivity (Wildman–Crippen MR) is 49.3 cm³/mol. The number of alkyl halides is 3. The Balaban J connectivity index is 2.31. The van der Waals surface area contributed by atoms with Gasteiger partial charge in [0, 0.05) is 6.61 Å². The summed E-state index contributed by atoms with van der Waals surface area (Å²) in [7, 11) is 0. The summed E-state index contributed by atoms with van der Waals surface area (Å²) >= 11 is 0. The highest BCUT2D eigenvalue weighted by atomic mass is 19.4. The fourth-order valence-electron chi connectivity index (χ4n) is 1.85. The van der Waals surface area contributed by atoms with Gasteiger partial charge in [0.25, 0.3) is 0 Å². The van der Waals surface area contributed by atoms with Gasteiger partial charge in [0.2, 0.25) is 0 Å². The van der Waals surface area contributed by atoms with Crippen LogP contribution in [0.25, 0.3) is 0 Å². The van der Waals surface area contributed by atoms with Crippen molar-refractivity contribution in [2.75, 3.05) is 6.61 Å². The quantitative estimate of drug-likeness (QED) is 0.780. The molecule has 5 heteroatoms. The molecule has 2 unspecified atom stereocenters. The molecule has 88 valence electrons. The minimum atomic E-state index is -4.53. The van der Waals surface area contributed by atoms with E-state index in [0.717, 1.165) is 12.1 Å². The number of hydrogen-bond acceptors (Lipinski definition) is 1. The summed E-state index contributed by atoms with van der Waals surface area (Å²) < 4.78 is 50.2. The Morgan fingerprint density at radius 2 is 1.94 bits per heavy atom. The van der Waals surface area contributed by atoms with Gasteiger partial charge in [-0.3, -0.25) is 0 Å². The van der Waals surface area contributed by atoms with E-state index >= 15 is 0 Å². The first-order valence-corrected chi connectivity index (χ1v) is 4.90. The third-order valence-electron chi connectivity index (χ3n) is 2.83. The van der Waals surface area contributed by atoms with E-state index in [1.807, 2.05) is 0 Å². The number of hydrogen-bond donors (Lipinski definition) is 1. The van der Waals surface area contributed by atoms with E-state index in [9.17, 15) is 17.6 Å². The first-order valence-electron chi connectivity index (χ1n) is 4.90. The monoisotopic (exact) mass is 234 g/mol. The minimum Gasteiger partial charge on any atom is -0.396 e. The van der Waals surface area contributed by atoms with Crippen molar-refractivity contribution in [1.29, 1.82) is 0 Å². The molecule has 0 amide bonds. The zero-order chi connectivity index (χ0) is 11.9. The van der Waals surface area contributed by atoms with Crippen LogP contribution in [0.2, 0.25) is 0 Å². The second kappa shape index (κ2) is 3.73. The Labute approximate surface area is 89.7 Å². The Hall–Kier alpha value is -1.10. The normalized spacial score (nSPS) is 24.6. The number of halogens is 4. The van der Waals surface area contributed by atoms with Crippen molar-refractivity contribution in [3.63, 3.8) is 0 Å². The summed E-state index contributed by atoms with van der Waals surface area (Å²) in [6.07, 6.45) is -3.91. The summed E-state index contributed by atoms with van der Waals surface area (Å²) in [5.74, 6) is -1.04. The average molecular weight is 234 g/mol. The molecule has 1 saturated carbocycles. The molecule has 0 heterocycles. The highest BCUT2D eigenvalue weighted by molar-refractivity contribution is 5.32. The third kappa shape index (κ3) is 2.19. The van der Waals surface area contributed by atoms with Crippen molar-refractivity contribution >= 4 is 0 Å². The summed E-state index contributed by atoms with van der Waals surface area (Å²) in [6.45, 7) is -0.0669. The van der Waals surface area contributed by atoms with Gasteiger partial charge < -0.3 is 5.11 Å². The lowest BCUT2D eigenvalue weighted by Crippen LogP contribution is -2.06. The summed E-state index contributed by atoms with van der Waals surface area (Å²) in [6, 6.07) is 2.55. The van der Waals surface area contributed by atoms with E-state index in [-0.39, 0.29) is 18.4 Å². The van der Waals surface area contributed by atoms with Crippen LogP contribution in [0.5, 0.6) is 0 Å². The largest absolute Gasteiger partial charge is 0.416 e. The van der Waals surface area contributed by atoms with Crippen LogP contribution in [0, 0.1) is 11.7 Å². The topological polar surface area (TPSA) is 20.2 Å². The van der Waals surface area contributed by atoms with E-state index in [4.69, 9.17) is 5.11 Å². The molecule has 0 spiro atoms. The van der Waals surface area contributed by atoms with Gasteiger partial charge in [-0.05, 0) is 42.0 Å². The van der Waals surface area contributed by atoms with Gasteiger partial charge in [0.1, 0.15) is 5.82 Å². The molecule has 1 fully saturated rings. The molecule has 0 saturated heterocycles. The lowest BCUT2D eigenvalue weighted by atomic mass is 10.1. The first-order chi connectivity index (χ1) is 7.41. The Morgan fingerprint density at radius 1 is 1.25 bits per heavy atom. The van der Waals surface area contributed by atoms with Crippen LogP contribution in [0.4, 0.5) is 17.6 Å². The summed E-state index contributed by atoms with van der Waals surface area (Å²) in [5.41, 5.74) is -0.641. The molecule has 1 aromatic rings. The molecule has 1 N–H and O–H groups in total. The highest BCUT2D eigenvalue weighted by Gasteiger charge is 2.39. The Morgan fingerprint density at radius 3 is 2.44 bits per heavy atom. The number of benzene rings is 1. The second-order valence-corrected chi connectivity index (χ2v) is 4.06. The predicted octanol–water partition coefficient (Wildman–Crippen LogP) is 2.94. The first kappa shape index (κ1) is 11.4. The van der Waals surface area contributed by atoms with Crippen LogP contribution in [0.3, 0.4) is 0 Å². The highest BCUT2D eigenvalue weighted by Crippen LogP contribution is 2.48. The molecule has 0 bridgehead atoms. The van der Waals surface area contributed by atoms with Crippen molar-refractivity contribution in [2.45, 2.75) is 18.5 Å². The van der Waals surface area contributed by atoms with Crippen LogP contribution >= 0.6 is 0 Å². The smallest absolute Gasteiger partial charge is 0.396 e. The molecule has 1 aliphatic rings. The molecule has 0 aliphatic heterocycles. The number of aliphatic hydroxyl groups is 1. The van der Waals surface area contributed by atoms with Gasteiger partial charge in [0.05, 0.1) is 5.56 Å². The molecule has 1 aliphatic carbocycles. The number of rotatable bonds is 2. The van der Waals surface area contributed by atoms with E-state index in [2.05, 4.69) is 0 Å². The molecule has 1 aromatic carbocycles. The van der Waals surface area contributed by atoms with Crippen molar-refractivity contribution in [2.24, 2.45) is 5.92 Å². The van der Waals surface area contributed by atoms with Crippen LogP contribution in [0.1, 0.15) is 23.5 Å². The molecular weight excluding hydrogens is 224 g/mol. The maximum atomic E-state index is 13.0. The lowest BCUT2D eigenvalue weighted by molar-refractivity contribution is -0.137. The fraction of sp³-hybridized carbons (Fsp3) is 0.455. The second-order valence-electron chi connectivity index (χ2n) is 4.06. The van der Waals surface area contributed by atoms with Crippen molar-refractivity contribution in [3.05, 3.63) is 35.1 Å². The molecule has 0 aromatic heterocycles. The van der Waals surface area contributed by atoms with Crippen molar-refractivity contribution in [1.82, 2.24) is 0 Å². The number of aliphatic hydroxyl groups excluding tert-OH is 1. The van der Waals surface area contributed by atoms with Gasteiger partial charge in [-0.1, -0.05) is 0 Å². The van der Waals surface area contributed by atoms with Gasteiger partial charge in [0.15, 0.2) is 0 Å². The van der Waals surface area contributed by atoms with Crippen LogP contribution < -0.4 is 0 Å². The van der Waals surface area contributed by atoms with Gasteiger partial charge >= 0.3 is 6.18 Å². The van der Waals surface area contributed by atoms with Gasteiger partial charge in [-0.15, -0.1) is 0 Å². The molecule has 1 nitrogen and oxygen atoms in total. The maximum absolute atomic E-state index is 13.0. The fourth-order valence-corrected chi connectivity index (χ4v) is 1.85. The zero-order valence-electron chi connectivity index (χ0n) is 8.26. The molecule has 0 radical (unpaired) electrons. The SMILES string of the molecule is OCC1CC1c1cc(F)cc(C(F)(F)F)c1. The van der Waals surface area contributed by atoms with E-state index in [1.54, 1.807) is 0 Å². The molecule has 2 rings (SSSR count). The van der Waals surface area contributed by atoms with E-state index in [1.165, 1.54) is 0 Å². The van der Waals surface area contributed by atoms with Crippen LogP contribution in [-0.2, 0) is 6.18 Å². The molecule has 2 atom stereocenters. The summed E-state index contributed by atoms with van der Waals surface area (Å²) in [4.78, 5) is 0. The van der Waals surface area contributed by atoms with Crippen molar-refractivity contribution < 1.29 is 22.7 Å². The third-order valence-corrected chi connectivity index (χ3v) is 2.83.